The van der Waals surface area contributed by atoms with Crippen LogP contribution in [0.4, 0.5) is 0 Å². The van der Waals surface area contributed by atoms with Crippen molar-refractivity contribution in [3.05, 3.63) is 0 Å². The minimum absolute atomic E-state index is 0.331. The van der Waals surface area contributed by atoms with Crippen molar-refractivity contribution >= 4 is 28.6 Å². The normalized spacial score (nSPS) is 9.43. The van der Waals surface area contributed by atoms with Crippen LogP contribution in [0.25, 0.3) is 0 Å². The van der Waals surface area contributed by atoms with E-state index in [4.69, 9.17) is 5.11 Å². The Balaban J connectivity index is 2.45. The van der Waals surface area contributed by atoms with Gasteiger partial charge in [0.05, 0.1) is 0 Å². The molecule has 0 aliphatic rings. The van der Waals surface area contributed by atoms with E-state index in [1.807, 2.05) is 11.8 Å². The van der Waals surface area contributed by atoms with E-state index >= 15 is 0 Å². The van der Waals surface area contributed by atoms with Crippen LogP contribution in [0.5, 0.6) is 0 Å². The molecule has 0 heterocycles. The van der Waals surface area contributed by atoms with E-state index in [2.05, 4.69) is 0 Å². The molecule has 0 fully saturated rings. The molecular formula is C4H11AsOS. The first-order chi connectivity index (χ1) is 3.41. The molecular weight excluding hydrogens is 171 g/mol. The Morgan fingerprint density at radius 3 is 2.57 bits per heavy atom. The number of rotatable bonds is 4. The first-order valence-electron chi connectivity index (χ1n) is 2.30. The Labute approximate surface area is 57.4 Å². The molecule has 0 radical (unpaired) electrons. The molecule has 1 N–H and O–H groups in total. The van der Waals surface area contributed by atoms with E-state index in [-0.39, 0.29) is 0 Å². The standard InChI is InChI=1S/C4H11AsOS/c5-1-3-7-4-2-6/h6H,1-5H2. The van der Waals surface area contributed by atoms with Crippen LogP contribution in [0.1, 0.15) is 0 Å². The molecule has 0 aromatic carbocycles. The van der Waals surface area contributed by atoms with Gasteiger partial charge in [0.1, 0.15) is 0 Å². The summed E-state index contributed by atoms with van der Waals surface area (Å²) in [4.78, 5) is 0. The summed E-state index contributed by atoms with van der Waals surface area (Å²) in [5.41, 5.74) is 0. The van der Waals surface area contributed by atoms with Crippen LogP contribution in [0.2, 0.25) is 5.21 Å². The van der Waals surface area contributed by atoms with Gasteiger partial charge in [0.25, 0.3) is 0 Å². The molecule has 0 aliphatic heterocycles. The van der Waals surface area contributed by atoms with Crippen LogP contribution in [0, 0.1) is 0 Å². The molecule has 1 unspecified atom stereocenters. The predicted molar refractivity (Wildman–Crippen MR) is 37.8 cm³/mol. The molecule has 44 valence electrons. The summed E-state index contributed by atoms with van der Waals surface area (Å²) in [6.07, 6.45) is 0. The number of hydrogen-bond donors (Lipinski definition) is 1. The van der Waals surface area contributed by atoms with Crippen LogP contribution < -0.4 is 0 Å². The van der Waals surface area contributed by atoms with E-state index < -0.39 is 0 Å². The minimum atomic E-state index is 0.331. The Kier molecular flexibility index (Phi) is 7.72. The number of aliphatic hydroxyl groups excluding tert-OH is 1. The number of hydrogen-bond acceptors (Lipinski definition) is 2. The van der Waals surface area contributed by atoms with Crippen molar-refractivity contribution in [1.29, 1.82) is 0 Å². The summed E-state index contributed by atoms with van der Waals surface area (Å²) in [5, 5.41) is 9.55. The van der Waals surface area contributed by atoms with Gasteiger partial charge in [-0.15, -0.1) is 0 Å². The maximum absolute atomic E-state index is 8.28. The van der Waals surface area contributed by atoms with Gasteiger partial charge < -0.3 is 0 Å². The summed E-state index contributed by atoms with van der Waals surface area (Å²) >= 11 is 3.58. The van der Waals surface area contributed by atoms with Crippen molar-refractivity contribution in [3.63, 3.8) is 0 Å². The van der Waals surface area contributed by atoms with Crippen molar-refractivity contribution in [2.24, 2.45) is 0 Å². The fourth-order valence-electron chi connectivity index (χ4n) is 0.250. The third-order valence-corrected chi connectivity index (χ3v) is 2.98. The van der Waals surface area contributed by atoms with Gasteiger partial charge in [-0.2, -0.15) is 0 Å². The molecule has 1 atom stereocenters. The van der Waals surface area contributed by atoms with Crippen LogP contribution in [0.3, 0.4) is 0 Å². The quantitative estimate of drug-likeness (QED) is 0.478. The van der Waals surface area contributed by atoms with Gasteiger partial charge in [0.2, 0.25) is 0 Å². The molecule has 1 nitrogen and oxygen atoms in total. The SMILES string of the molecule is OCCSCC[AsH2]. The molecule has 0 saturated heterocycles. The summed E-state index contributed by atoms with van der Waals surface area (Å²) in [6.45, 7) is 0.331. The molecule has 0 aliphatic carbocycles. The summed E-state index contributed by atoms with van der Waals surface area (Å²) < 4.78 is 0. The van der Waals surface area contributed by atoms with Crippen LogP contribution in [0.15, 0.2) is 0 Å². The van der Waals surface area contributed by atoms with Gasteiger partial charge in [0.15, 0.2) is 0 Å². The monoisotopic (exact) mass is 182 g/mol. The Morgan fingerprint density at radius 1 is 1.43 bits per heavy atom. The van der Waals surface area contributed by atoms with Crippen LogP contribution in [-0.2, 0) is 0 Å². The number of aliphatic hydroxyl groups is 1. The van der Waals surface area contributed by atoms with Gasteiger partial charge in [-0.1, -0.05) is 0 Å². The molecule has 0 aromatic heterocycles. The average Bonchev–Trinajstić information content (AvgIpc) is 1.69. The molecule has 0 saturated carbocycles. The second-order valence-electron chi connectivity index (χ2n) is 1.12. The zero-order chi connectivity index (χ0) is 5.54. The van der Waals surface area contributed by atoms with Crippen LogP contribution in [-0.4, -0.2) is 40.1 Å². The summed E-state index contributed by atoms with van der Waals surface area (Å²) in [6, 6.07) is 0. The predicted octanol–water partition coefficient (Wildman–Crippen LogP) is -0.237. The molecule has 7 heavy (non-hydrogen) atoms. The molecule has 0 rings (SSSR count). The first kappa shape index (κ1) is 7.87. The van der Waals surface area contributed by atoms with E-state index in [1.54, 1.807) is 16.9 Å². The van der Waals surface area contributed by atoms with Gasteiger partial charge in [-0.25, -0.2) is 0 Å². The van der Waals surface area contributed by atoms with Gasteiger partial charge in [-0.05, 0) is 0 Å². The van der Waals surface area contributed by atoms with E-state index in [0.29, 0.717) is 6.61 Å². The molecule has 0 bridgehead atoms. The van der Waals surface area contributed by atoms with Crippen molar-refractivity contribution in [3.8, 4) is 0 Å². The third-order valence-electron chi connectivity index (χ3n) is 0.498. The zero-order valence-electron chi connectivity index (χ0n) is 4.26. The van der Waals surface area contributed by atoms with E-state index in [1.165, 1.54) is 11.0 Å². The fraction of sp³-hybridized carbons (Fsp3) is 1.00. The van der Waals surface area contributed by atoms with Gasteiger partial charge in [-0.3, -0.25) is 0 Å². The molecule has 0 spiro atoms. The molecule has 0 amide bonds. The van der Waals surface area contributed by atoms with E-state index in [0.717, 1.165) is 5.75 Å². The molecule has 0 aromatic rings. The topological polar surface area (TPSA) is 20.2 Å². The Morgan fingerprint density at radius 2 is 2.14 bits per heavy atom. The van der Waals surface area contributed by atoms with Crippen molar-refractivity contribution in [1.82, 2.24) is 0 Å². The van der Waals surface area contributed by atoms with Crippen molar-refractivity contribution in [2.75, 3.05) is 18.1 Å². The number of thioether (sulfide) groups is 1. The second kappa shape index (κ2) is 6.87. The summed E-state index contributed by atoms with van der Waals surface area (Å²) in [7, 11) is 0. The Hall–Kier alpha value is 0.868. The third kappa shape index (κ3) is 6.87. The average molecular weight is 182 g/mol. The zero-order valence-corrected chi connectivity index (χ0v) is 7.50. The fourth-order valence-corrected chi connectivity index (χ4v) is 1.80. The Bertz CT molecular complexity index is 30.9. The summed E-state index contributed by atoms with van der Waals surface area (Å²) in [5.74, 6) is 2.12. The van der Waals surface area contributed by atoms with Crippen molar-refractivity contribution in [2.45, 2.75) is 5.21 Å². The first-order valence-corrected chi connectivity index (χ1v) is 5.17. The maximum atomic E-state index is 8.28. The second-order valence-corrected chi connectivity index (χ2v) is 3.56. The van der Waals surface area contributed by atoms with Crippen molar-refractivity contribution < 1.29 is 5.11 Å². The van der Waals surface area contributed by atoms with Gasteiger partial charge in [0, 0.05) is 0 Å². The van der Waals surface area contributed by atoms with Gasteiger partial charge >= 0.3 is 57.0 Å². The van der Waals surface area contributed by atoms with Crippen LogP contribution >= 0.6 is 11.8 Å². The van der Waals surface area contributed by atoms with E-state index in [9.17, 15) is 0 Å². The molecule has 3 heteroatoms.